The van der Waals surface area contributed by atoms with E-state index in [1.807, 2.05) is 26.0 Å². The fraction of sp³-hybridized carbons (Fsp3) is 0.476. The Morgan fingerprint density at radius 3 is 2.44 bits per heavy atom. The van der Waals surface area contributed by atoms with E-state index >= 15 is 0 Å². The summed E-state index contributed by atoms with van der Waals surface area (Å²) in [6, 6.07) is 8.15. The van der Waals surface area contributed by atoms with Gasteiger partial charge < -0.3 is 15.0 Å². The molecule has 6 heteroatoms. The van der Waals surface area contributed by atoms with Crippen LogP contribution >= 0.6 is 0 Å². The van der Waals surface area contributed by atoms with Crippen LogP contribution in [0.4, 0.5) is 0 Å². The lowest BCUT2D eigenvalue weighted by atomic mass is 9.72. The highest BCUT2D eigenvalue weighted by Crippen LogP contribution is 2.39. The molecule has 0 bridgehead atoms. The number of nitrogens with one attached hydrogen (secondary N) is 1. The number of carbonyl (C=O) groups excluding carboxylic acids is 1. The van der Waals surface area contributed by atoms with Gasteiger partial charge in [0.2, 0.25) is 0 Å². The van der Waals surface area contributed by atoms with Crippen LogP contribution in [-0.4, -0.2) is 54.1 Å². The first-order chi connectivity index (χ1) is 13.1. The lowest BCUT2D eigenvalue weighted by molar-refractivity contribution is 0.0772. The van der Waals surface area contributed by atoms with Crippen molar-refractivity contribution < 1.29 is 9.53 Å². The van der Waals surface area contributed by atoms with Gasteiger partial charge >= 0.3 is 0 Å². The molecular formula is C21H28N4O2. The van der Waals surface area contributed by atoms with Crippen LogP contribution < -0.4 is 10.1 Å². The first-order valence-electron chi connectivity index (χ1n) is 9.61. The van der Waals surface area contributed by atoms with E-state index in [0.29, 0.717) is 18.7 Å². The maximum Gasteiger partial charge on any atom is 0.256 e. The highest BCUT2D eigenvalue weighted by atomic mass is 16.5. The minimum atomic E-state index is -0.267. The highest BCUT2D eigenvalue weighted by Gasteiger charge is 2.38. The van der Waals surface area contributed by atoms with Gasteiger partial charge in [-0.25, -0.2) is 9.97 Å². The summed E-state index contributed by atoms with van der Waals surface area (Å²) in [6.07, 6.45) is 5.16. The molecule has 1 aliphatic rings. The van der Waals surface area contributed by atoms with Crippen LogP contribution in [0, 0.1) is 0 Å². The molecule has 3 rings (SSSR count). The van der Waals surface area contributed by atoms with Crippen molar-refractivity contribution in [3.63, 3.8) is 0 Å². The van der Waals surface area contributed by atoms with Gasteiger partial charge in [-0.2, -0.15) is 0 Å². The number of methoxy groups -OCH3 is 1. The topological polar surface area (TPSA) is 67.4 Å². The molecule has 27 heavy (non-hydrogen) atoms. The van der Waals surface area contributed by atoms with E-state index in [4.69, 9.17) is 4.74 Å². The lowest BCUT2D eigenvalue weighted by Gasteiger charge is -2.37. The number of carbonyl (C=O) groups is 1. The molecular weight excluding hydrogens is 340 g/mol. The SMILES string of the molecule is CCN(CC)C(=O)c1cnc(C2(c3cccc(OC)c3)CCNCC2)nc1. The van der Waals surface area contributed by atoms with Crippen LogP contribution in [0.15, 0.2) is 36.7 Å². The van der Waals surface area contributed by atoms with Crippen molar-refractivity contribution in [3.05, 3.63) is 53.6 Å². The van der Waals surface area contributed by atoms with Crippen molar-refractivity contribution in [1.82, 2.24) is 20.2 Å². The second kappa shape index (κ2) is 8.48. The zero-order valence-electron chi connectivity index (χ0n) is 16.4. The molecule has 1 amide bonds. The largest absolute Gasteiger partial charge is 0.497 e. The molecule has 144 valence electrons. The number of benzene rings is 1. The monoisotopic (exact) mass is 368 g/mol. The fourth-order valence-corrected chi connectivity index (χ4v) is 3.79. The molecule has 1 N–H and O–H groups in total. The molecule has 0 radical (unpaired) electrons. The Bertz CT molecular complexity index is 766. The van der Waals surface area contributed by atoms with Crippen molar-refractivity contribution >= 4 is 5.91 Å². The Labute approximate surface area is 161 Å². The summed E-state index contributed by atoms with van der Waals surface area (Å²) in [5.74, 6) is 1.58. The van der Waals surface area contributed by atoms with Crippen molar-refractivity contribution in [3.8, 4) is 5.75 Å². The van der Waals surface area contributed by atoms with E-state index in [-0.39, 0.29) is 11.3 Å². The molecule has 2 aromatic rings. The summed E-state index contributed by atoms with van der Waals surface area (Å²) in [7, 11) is 1.68. The standard InChI is InChI=1S/C21H28N4O2/c1-4-25(5-2)19(26)16-14-23-20(24-15-16)21(9-11-22-12-10-21)17-7-6-8-18(13-17)27-3/h6-8,13-15,22H,4-5,9-12H2,1-3H3. The predicted molar refractivity (Wildman–Crippen MR) is 105 cm³/mol. The zero-order chi connectivity index (χ0) is 19.3. The maximum absolute atomic E-state index is 12.5. The van der Waals surface area contributed by atoms with E-state index in [1.165, 1.54) is 0 Å². The van der Waals surface area contributed by atoms with E-state index in [2.05, 4.69) is 27.4 Å². The van der Waals surface area contributed by atoms with Crippen molar-refractivity contribution in [1.29, 1.82) is 0 Å². The molecule has 1 aromatic heterocycles. The lowest BCUT2D eigenvalue weighted by Crippen LogP contribution is -2.42. The number of aromatic nitrogens is 2. The summed E-state index contributed by atoms with van der Waals surface area (Å²) in [5.41, 5.74) is 1.43. The summed E-state index contributed by atoms with van der Waals surface area (Å²) in [5, 5.41) is 3.42. The molecule has 0 spiro atoms. The maximum atomic E-state index is 12.5. The quantitative estimate of drug-likeness (QED) is 0.849. The van der Waals surface area contributed by atoms with E-state index in [0.717, 1.165) is 43.1 Å². The smallest absolute Gasteiger partial charge is 0.256 e. The molecule has 0 atom stereocenters. The number of hydrogen-bond acceptors (Lipinski definition) is 5. The number of ether oxygens (including phenoxy) is 1. The van der Waals surface area contributed by atoms with Gasteiger partial charge in [-0.3, -0.25) is 4.79 Å². The van der Waals surface area contributed by atoms with Gasteiger partial charge in [0.05, 0.1) is 18.1 Å². The third-order valence-corrected chi connectivity index (χ3v) is 5.46. The second-order valence-corrected chi connectivity index (χ2v) is 6.84. The van der Waals surface area contributed by atoms with Crippen LogP contribution in [0.25, 0.3) is 0 Å². The molecule has 1 saturated heterocycles. The Morgan fingerprint density at radius 2 is 1.85 bits per heavy atom. The third kappa shape index (κ3) is 3.81. The van der Waals surface area contributed by atoms with E-state index in [9.17, 15) is 4.79 Å². The van der Waals surface area contributed by atoms with Gasteiger partial charge in [0, 0.05) is 25.5 Å². The number of amides is 1. The van der Waals surface area contributed by atoms with Crippen LogP contribution in [-0.2, 0) is 5.41 Å². The molecule has 0 saturated carbocycles. The summed E-state index contributed by atoms with van der Waals surface area (Å²) in [4.78, 5) is 23.6. The van der Waals surface area contributed by atoms with Gasteiger partial charge in [0.1, 0.15) is 11.6 Å². The Balaban J connectivity index is 1.97. The van der Waals surface area contributed by atoms with E-state index in [1.54, 1.807) is 24.4 Å². The Hall–Kier alpha value is -2.47. The fourth-order valence-electron chi connectivity index (χ4n) is 3.79. The molecule has 1 aromatic carbocycles. The van der Waals surface area contributed by atoms with Gasteiger partial charge in [-0.15, -0.1) is 0 Å². The predicted octanol–water partition coefficient (Wildman–Crippen LogP) is 2.64. The number of piperidine rings is 1. The zero-order valence-corrected chi connectivity index (χ0v) is 16.4. The number of nitrogens with zero attached hydrogens (tertiary/aromatic N) is 3. The van der Waals surface area contributed by atoms with Gasteiger partial charge in [-0.1, -0.05) is 12.1 Å². The number of hydrogen-bond donors (Lipinski definition) is 1. The molecule has 1 aliphatic heterocycles. The summed E-state index contributed by atoms with van der Waals surface area (Å²) < 4.78 is 5.42. The average Bonchev–Trinajstić information content (AvgIpc) is 2.75. The second-order valence-electron chi connectivity index (χ2n) is 6.84. The van der Waals surface area contributed by atoms with Crippen LogP contribution in [0.2, 0.25) is 0 Å². The normalized spacial score (nSPS) is 16.0. The van der Waals surface area contributed by atoms with E-state index < -0.39 is 0 Å². The first kappa shape index (κ1) is 19.3. The molecule has 1 fully saturated rings. The number of rotatable bonds is 6. The van der Waals surface area contributed by atoms with Gasteiger partial charge in [-0.05, 0) is 57.5 Å². The molecule has 2 heterocycles. The van der Waals surface area contributed by atoms with Crippen LogP contribution in [0.3, 0.4) is 0 Å². The first-order valence-corrected chi connectivity index (χ1v) is 9.61. The minimum Gasteiger partial charge on any atom is -0.497 e. The molecule has 0 aliphatic carbocycles. The molecule has 6 nitrogen and oxygen atoms in total. The summed E-state index contributed by atoms with van der Waals surface area (Å²) in [6.45, 7) is 7.11. The Kier molecular flexibility index (Phi) is 6.06. The minimum absolute atomic E-state index is 0.0210. The van der Waals surface area contributed by atoms with Gasteiger partial charge in [0.25, 0.3) is 5.91 Å². The van der Waals surface area contributed by atoms with Gasteiger partial charge in [0.15, 0.2) is 0 Å². The van der Waals surface area contributed by atoms with Crippen LogP contribution in [0.5, 0.6) is 5.75 Å². The molecule has 0 unspecified atom stereocenters. The summed E-state index contributed by atoms with van der Waals surface area (Å²) >= 11 is 0. The van der Waals surface area contributed by atoms with Crippen molar-refractivity contribution in [2.45, 2.75) is 32.1 Å². The van der Waals surface area contributed by atoms with Crippen LogP contribution in [0.1, 0.15) is 48.4 Å². The third-order valence-electron chi connectivity index (χ3n) is 5.46. The highest BCUT2D eigenvalue weighted by molar-refractivity contribution is 5.93. The van der Waals surface area contributed by atoms with Crippen molar-refractivity contribution in [2.75, 3.05) is 33.3 Å². The van der Waals surface area contributed by atoms with Crippen molar-refractivity contribution in [2.24, 2.45) is 0 Å². The Morgan fingerprint density at radius 1 is 1.19 bits per heavy atom. The average molecular weight is 368 g/mol.